The third kappa shape index (κ3) is 4.66. The summed E-state index contributed by atoms with van der Waals surface area (Å²) in [6.45, 7) is 2.57. The zero-order valence-electron chi connectivity index (χ0n) is 13.8. The Kier molecular flexibility index (Phi) is 6.34. The molecular weight excluding hydrogens is 382 g/mol. The minimum Gasteiger partial charge on any atom is -0.378 e. The Bertz CT molecular complexity index is 768. The second-order valence-electron chi connectivity index (χ2n) is 5.59. The number of carbonyl (C=O) groups excluding carboxylic acids is 1. The fraction of sp³-hybridized carbons (Fsp3) is 0.278. The summed E-state index contributed by atoms with van der Waals surface area (Å²) in [6.07, 6.45) is 0. The lowest BCUT2D eigenvalue weighted by molar-refractivity contribution is 0.102. The highest BCUT2D eigenvalue weighted by atomic mass is 35.5. The summed E-state index contributed by atoms with van der Waals surface area (Å²) >= 11 is 6.80. The van der Waals surface area contributed by atoms with E-state index in [4.69, 9.17) is 16.3 Å². The molecule has 0 saturated carbocycles. The van der Waals surface area contributed by atoms with Gasteiger partial charge in [-0.1, -0.05) is 29.4 Å². The lowest BCUT2D eigenvalue weighted by atomic mass is 10.2. The molecule has 0 unspecified atom stereocenters. The van der Waals surface area contributed by atoms with Crippen LogP contribution in [0.3, 0.4) is 0 Å². The number of rotatable bonds is 5. The molecule has 1 aliphatic heterocycles. The number of halogens is 3. The molecule has 0 bridgehead atoms. The van der Waals surface area contributed by atoms with Crippen molar-refractivity contribution in [2.24, 2.45) is 0 Å². The molecule has 0 atom stereocenters. The van der Waals surface area contributed by atoms with Gasteiger partial charge in [-0.05, 0) is 36.4 Å². The van der Waals surface area contributed by atoms with Gasteiger partial charge in [0.25, 0.3) is 11.7 Å². The average molecular weight is 399 g/mol. The third-order valence-corrected chi connectivity index (χ3v) is 4.93. The van der Waals surface area contributed by atoms with E-state index < -0.39 is 5.76 Å². The van der Waals surface area contributed by atoms with E-state index in [9.17, 15) is 13.6 Å². The molecule has 2 aromatic carbocycles. The number of nitrogens with zero attached hydrogens (tertiary/aromatic N) is 1. The third-order valence-electron chi connectivity index (χ3n) is 3.90. The molecule has 8 heteroatoms. The fourth-order valence-electron chi connectivity index (χ4n) is 2.71. The van der Waals surface area contributed by atoms with Crippen LogP contribution in [0.2, 0.25) is 5.02 Å². The maximum absolute atomic E-state index is 12.5. The fourth-order valence-corrected chi connectivity index (χ4v) is 3.50. The molecule has 0 spiro atoms. The summed E-state index contributed by atoms with van der Waals surface area (Å²) in [5.74, 6) is -2.81. The van der Waals surface area contributed by atoms with Gasteiger partial charge in [-0.25, -0.2) is 0 Å². The van der Waals surface area contributed by atoms with E-state index >= 15 is 0 Å². The highest BCUT2D eigenvalue weighted by Crippen LogP contribution is 2.35. The van der Waals surface area contributed by atoms with Gasteiger partial charge in [-0.2, -0.15) is 8.78 Å². The molecule has 26 heavy (non-hydrogen) atoms. The van der Waals surface area contributed by atoms with Crippen LogP contribution in [0.25, 0.3) is 0 Å². The molecule has 4 nitrogen and oxygen atoms in total. The van der Waals surface area contributed by atoms with Gasteiger partial charge in [0.05, 0.1) is 29.6 Å². The summed E-state index contributed by atoms with van der Waals surface area (Å²) in [5, 5.41) is 3.41. The first kappa shape index (κ1) is 18.9. The Hall–Kier alpha value is -1.83. The number of hydrogen-bond donors (Lipinski definition) is 1. The molecular formula is C18H17ClF2N2O2S. The molecule has 1 saturated heterocycles. The lowest BCUT2D eigenvalue weighted by Gasteiger charge is -2.31. The van der Waals surface area contributed by atoms with E-state index in [2.05, 4.69) is 10.2 Å². The lowest BCUT2D eigenvalue weighted by Crippen LogP contribution is -2.37. The first-order valence-electron chi connectivity index (χ1n) is 8.02. The molecule has 1 heterocycles. The molecule has 2 aromatic rings. The van der Waals surface area contributed by atoms with Crippen LogP contribution in [-0.4, -0.2) is 38.0 Å². The van der Waals surface area contributed by atoms with Crippen LogP contribution >= 0.6 is 23.4 Å². The Labute approximate surface area is 159 Å². The monoisotopic (exact) mass is 398 g/mol. The van der Waals surface area contributed by atoms with Crippen molar-refractivity contribution in [2.75, 3.05) is 36.5 Å². The second kappa shape index (κ2) is 8.70. The molecule has 1 N–H and O–H groups in total. The number of carbonyl (C=O) groups is 1. The predicted molar refractivity (Wildman–Crippen MR) is 101 cm³/mol. The predicted octanol–water partition coefficient (Wildman–Crippen LogP) is 4.74. The Balaban J connectivity index is 1.78. The van der Waals surface area contributed by atoms with Crippen molar-refractivity contribution < 1.29 is 18.3 Å². The smallest absolute Gasteiger partial charge is 0.288 e. The highest BCUT2D eigenvalue weighted by Gasteiger charge is 2.19. The SMILES string of the molecule is O=C(Nc1cccc(Cl)c1N1CCOCC1)c1ccc(SC(F)F)cc1. The van der Waals surface area contributed by atoms with Crippen molar-refractivity contribution in [1.82, 2.24) is 0 Å². The zero-order chi connectivity index (χ0) is 18.5. The number of nitrogens with one attached hydrogen (secondary N) is 1. The topological polar surface area (TPSA) is 41.6 Å². The van der Waals surface area contributed by atoms with E-state index in [1.165, 1.54) is 24.3 Å². The number of para-hydroxylation sites is 1. The summed E-state index contributed by atoms with van der Waals surface area (Å²) < 4.78 is 30.1. The van der Waals surface area contributed by atoms with Crippen LogP contribution in [0.5, 0.6) is 0 Å². The van der Waals surface area contributed by atoms with Crippen LogP contribution in [-0.2, 0) is 4.74 Å². The summed E-state index contributed by atoms with van der Waals surface area (Å²) in [7, 11) is 0. The van der Waals surface area contributed by atoms with Gasteiger partial charge < -0.3 is 15.0 Å². The molecule has 1 fully saturated rings. The Morgan fingerprint density at radius 1 is 1.15 bits per heavy atom. The summed E-state index contributed by atoms with van der Waals surface area (Å²) in [5.41, 5.74) is 1.75. The first-order valence-corrected chi connectivity index (χ1v) is 9.28. The molecule has 1 amide bonds. The minimum absolute atomic E-state index is 0.324. The molecule has 0 aliphatic carbocycles. The minimum atomic E-state index is -2.49. The van der Waals surface area contributed by atoms with E-state index in [0.29, 0.717) is 59.2 Å². The van der Waals surface area contributed by atoms with Crippen molar-refractivity contribution in [3.05, 3.63) is 53.1 Å². The number of ether oxygens (including phenoxy) is 1. The normalized spacial score (nSPS) is 14.5. The van der Waals surface area contributed by atoms with Crippen LogP contribution in [0.1, 0.15) is 10.4 Å². The standard InChI is InChI=1S/C18H17ClF2N2O2S/c19-14-2-1-3-15(16(14)23-8-10-25-11-9-23)22-17(24)12-4-6-13(7-5-12)26-18(20)21/h1-7,18H,8-11H2,(H,22,24). The van der Waals surface area contributed by atoms with E-state index in [0.717, 1.165) is 5.69 Å². The summed E-state index contributed by atoms with van der Waals surface area (Å²) in [6, 6.07) is 11.4. The Morgan fingerprint density at radius 3 is 2.50 bits per heavy atom. The van der Waals surface area contributed by atoms with Crippen LogP contribution in [0.15, 0.2) is 47.4 Å². The van der Waals surface area contributed by atoms with Gasteiger partial charge in [-0.15, -0.1) is 0 Å². The van der Waals surface area contributed by atoms with Crippen LogP contribution in [0.4, 0.5) is 20.2 Å². The molecule has 1 aliphatic rings. The largest absolute Gasteiger partial charge is 0.378 e. The van der Waals surface area contributed by atoms with Gasteiger partial charge in [0, 0.05) is 23.5 Å². The average Bonchev–Trinajstić information content (AvgIpc) is 2.62. The maximum Gasteiger partial charge on any atom is 0.288 e. The van der Waals surface area contributed by atoms with Gasteiger partial charge >= 0.3 is 0 Å². The number of alkyl halides is 2. The second-order valence-corrected chi connectivity index (χ2v) is 7.06. The summed E-state index contributed by atoms with van der Waals surface area (Å²) in [4.78, 5) is 15.0. The van der Waals surface area contributed by atoms with Gasteiger partial charge in [0.2, 0.25) is 0 Å². The Morgan fingerprint density at radius 2 is 1.85 bits per heavy atom. The van der Waals surface area contributed by atoms with Crippen molar-refractivity contribution in [1.29, 1.82) is 0 Å². The van der Waals surface area contributed by atoms with E-state index in [1.807, 2.05) is 0 Å². The van der Waals surface area contributed by atoms with Crippen molar-refractivity contribution in [3.63, 3.8) is 0 Å². The first-order chi connectivity index (χ1) is 12.5. The zero-order valence-corrected chi connectivity index (χ0v) is 15.3. The molecule has 3 rings (SSSR count). The van der Waals surface area contributed by atoms with Gasteiger partial charge in [-0.3, -0.25) is 4.79 Å². The highest BCUT2D eigenvalue weighted by molar-refractivity contribution is 7.99. The number of anilines is 2. The van der Waals surface area contributed by atoms with E-state index in [1.54, 1.807) is 18.2 Å². The van der Waals surface area contributed by atoms with Crippen molar-refractivity contribution >= 4 is 40.6 Å². The number of benzene rings is 2. The quantitative estimate of drug-likeness (QED) is 0.738. The number of amides is 1. The molecule has 0 radical (unpaired) electrons. The van der Waals surface area contributed by atoms with Gasteiger partial charge in [0.1, 0.15) is 0 Å². The molecule has 0 aromatic heterocycles. The maximum atomic E-state index is 12.5. The van der Waals surface area contributed by atoms with E-state index in [-0.39, 0.29) is 5.91 Å². The van der Waals surface area contributed by atoms with Gasteiger partial charge in [0.15, 0.2) is 0 Å². The van der Waals surface area contributed by atoms with Crippen molar-refractivity contribution in [3.8, 4) is 0 Å². The number of thioether (sulfide) groups is 1. The number of hydrogen-bond acceptors (Lipinski definition) is 4. The van der Waals surface area contributed by atoms with Crippen LogP contribution in [0, 0.1) is 0 Å². The van der Waals surface area contributed by atoms with Crippen LogP contribution < -0.4 is 10.2 Å². The molecule has 138 valence electrons. The van der Waals surface area contributed by atoms with Crippen molar-refractivity contribution in [2.45, 2.75) is 10.7 Å². The number of morpholine rings is 1.